The lowest BCUT2D eigenvalue weighted by Crippen LogP contribution is -3.21. The molecule has 1 aliphatic heterocycles. The lowest BCUT2D eigenvalue weighted by Gasteiger charge is -2.40. The van der Waals surface area contributed by atoms with E-state index in [-0.39, 0.29) is 12.1 Å². The van der Waals surface area contributed by atoms with Crippen LogP contribution < -0.4 is 4.90 Å². The van der Waals surface area contributed by atoms with Gasteiger partial charge in [-0.25, -0.2) is 0 Å². The minimum absolute atomic E-state index is 0.208. The summed E-state index contributed by atoms with van der Waals surface area (Å²) >= 11 is 0. The van der Waals surface area contributed by atoms with Crippen LogP contribution in [0.2, 0.25) is 0 Å². The third-order valence-electron chi connectivity index (χ3n) is 3.96. The molecule has 5 heteroatoms. The highest BCUT2D eigenvalue weighted by molar-refractivity contribution is 7.86. The molecular weight excluding hydrogens is 298 g/mol. The SMILES string of the molecule is CS(=O)(=O)OC1C[NH+](C(c2ccccc2)c2ccccc2)C1. The highest BCUT2D eigenvalue weighted by atomic mass is 32.2. The van der Waals surface area contributed by atoms with Gasteiger partial charge in [-0.05, 0) is 0 Å². The van der Waals surface area contributed by atoms with E-state index in [4.69, 9.17) is 4.18 Å². The molecule has 0 saturated carbocycles. The molecular formula is C17H20NO3S+. The smallest absolute Gasteiger partial charge is 0.265 e. The van der Waals surface area contributed by atoms with Gasteiger partial charge in [-0.15, -0.1) is 0 Å². The third-order valence-corrected chi connectivity index (χ3v) is 4.59. The molecule has 2 aromatic carbocycles. The van der Waals surface area contributed by atoms with Crippen LogP contribution in [-0.4, -0.2) is 33.9 Å². The molecule has 3 rings (SSSR count). The van der Waals surface area contributed by atoms with Crippen LogP contribution in [-0.2, 0) is 14.3 Å². The Balaban J connectivity index is 1.80. The van der Waals surface area contributed by atoms with Crippen LogP contribution in [0.4, 0.5) is 0 Å². The Morgan fingerprint density at radius 3 is 1.82 bits per heavy atom. The van der Waals surface area contributed by atoms with E-state index in [1.807, 2.05) is 36.4 Å². The molecule has 1 N–H and O–H groups in total. The summed E-state index contributed by atoms with van der Waals surface area (Å²) < 4.78 is 27.5. The number of likely N-dealkylation sites (tertiary alicyclic amines) is 1. The maximum absolute atomic E-state index is 11.2. The fourth-order valence-corrected chi connectivity index (χ4v) is 3.66. The molecule has 1 fully saturated rings. The Bertz CT molecular complexity index is 671. The average molecular weight is 318 g/mol. The van der Waals surface area contributed by atoms with E-state index >= 15 is 0 Å². The van der Waals surface area contributed by atoms with Crippen molar-refractivity contribution in [2.24, 2.45) is 0 Å². The summed E-state index contributed by atoms with van der Waals surface area (Å²) in [5.41, 5.74) is 2.48. The van der Waals surface area contributed by atoms with Gasteiger partial charge in [0.25, 0.3) is 10.1 Å². The molecule has 0 amide bonds. The van der Waals surface area contributed by atoms with Crippen molar-refractivity contribution < 1.29 is 17.5 Å². The minimum atomic E-state index is -3.38. The van der Waals surface area contributed by atoms with Crippen LogP contribution >= 0.6 is 0 Å². The van der Waals surface area contributed by atoms with Gasteiger partial charge in [0, 0.05) is 11.1 Å². The molecule has 0 aliphatic carbocycles. The van der Waals surface area contributed by atoms with E-state index in [1.165, 1.54) is 16.0 Å². The predicted octanol–water partition coefficient (Wildman–Crippen LogP) is 1.02. The molecule has 22 heavy (non-hydrogen) atoms. The first kappa shape index (κ1) is 15.2. The van der Waals surface area contributed by atoms with E-state index in [0.717, 1.165) is 6.26 Å². The van der Waals surface area contributed by atoms with Crippen LogP contribution in [0.1, 0.15) is 17.2 Å². The van der Waals surface area contributed by atoms with Crippen molar-refractivity contribution in [1.82, 2.24) is 0 Å². The van der Waals surface area contributed by atoms with E-state index in [1.54, 1.807) is 0 Å². The monoisotopic (exact) mass is 318 g/mol. The standard InChI is InChI=1S/C17H19NO3S/c1-22(19,20)21-16-12-18(13-16)17(14-8-4-2-5-9-14)15-10-6-3-7-11-15/h2-11,16-17H,12-13H2,1H3/p+1. The molecule has 0 aromatic heterocycles. The molecule has 4 nitrogen and oxygen atoms in total. The maximum Gasteiger partial charge on any atom is 0.265 e. The zero-order chi connectivity index (χ0) is 15.6. The lowest BCUT2D eigenvalue weighted by atomic mass is 9.94. The van der Waals surface area contributed by atoms with Crippen LogP contribution in [0.5, 0.6) is 0 Å². The Morgan fingerprint density at radius 2 is 1.41 bits per heavy atom. The number of nitrogens with one attached hydrogen (secondary N) is 1. The van der Waals surface area contributed by atoms with Crippen molar-refractivity contribution in [3.63, 3.8) is 0 Å². The van der Waals surface area contributed by atoms with Gasteiger partial charge < -0.3 is 4.90 Å². The fourth-order valence-electron chi connectivity index (χ4n) is 3.03. The van der Waals surface area contributed by atoms with Crippen LogP contribution in [0.25, 0.3) is 0 Å². The van der Waals surface area contributed by atoms with E-state index in [9.17, 15) is 8.42 Å². The zero-order valence-corrected chi connectivity index (χ0v) is 13.3. The summed E-state index contributed by atoms with van der Waals surface area (Å²) in [6.07, 6.45) is 0.900. The Morgan fingerprint density at radius 1 is 0.955 bits per heavy atom. The fraction of sp³-hybridized carbons (Fsp3) is 0.294. The summed E-state index contributed by atoms with van der Waals surface area (Å²) in [5, 5.41) is 0. The van der Waals surface area contributed by atoms with Crippen LogP contribution in [0, 0.1) is 0 Å². The summed E-state index contributed by atoms with van der Waals surface area (Å²) in [4.78, 5) is 1.33. The highest BCUT2D eigenvalue weighted by Gasteiger charge is 2.40. The first-order chi connectivity index (χ1) is 10.5. The van der Waals surface area contributed by atoms with Gasteiger partial charge in [-0.1, -0.05) is 60.7 Å². The lowest BCUT2D eigenvalue weighted by molar-refractivity contribution is -0.971. The van der Waals surface area contributed by atoms with E-state index < -0.39 is 10.1 Å². The van der Waals surface area contributed by atoms with Crippen molar-refractivity contribution in [3.05, 3.63) is 71.8 Å². The van der Waals surface area contributed by atoms with Crippen LogP contribution in [0.15, 0.2) is 60.7 Å². The summed E-state index contributed by atoms with van der Waals surface area (Å²) in [7, 11) is -3.38. The molecule has 116 valence electrons. The van der Waals surface area contributed by atoms with Crippen LogP contribution in [0.3, 0.4) is 0 Å². The summed E-state index contributed by atoms with van der Waals surface area (Å²) in [5.74, 6) is 0. The van der Waals surface area contributed by atoms with E-state index in [0.29, 0.717) is 13.1 Å². The highest BCUT2D eigenvalue weighted by Crippen LogP contribution is 2.20. The first-order valence-electron chi connectivity index (χ1n) is 7.35. The third kappa shape index (κ3) is 3.55. The van der Waals surface area contributed by atoms with Crippen molar-refractivity contribution in [2.45, 2.75) is 12.1 Å². The van der Waals surface area contributed by atoms with Gasteiger partial charge in [0.15, 0.2) is 6.10 Å². The normalized spacial score (nSPS) is 21.5. The molecule has 0 bridgehead atoms. The number of hydrogen-bond acceptors (Lipinski definition) is 3. The number of quaternary nitrogens is 1. The van der Waals surface area contributed by atoms with Gasteiger partial charge in [0.1, 0.15) is 19.1 Å². The number of rotatable bonds is 5. The average Bonchev–Trinajstić information content (AvgIpc) is 2.46. The second kappa shape index (κ2) is 6.20. The van der Waals surface area contributed by atoms with Gasteiger partial charge >= 0.3 is 0 Å². The van der Waals surface area contributed by atoms with E-state index in [2.05, 4.69) is 24.3 Å². The van der Waals surface area contributed by atoms with Crippen molar-refractivity contribution in [3.8, 4) is 0 Å². The van der Waals surface area contributed by atoms with Crippen molar-refractivity contribution in [1.29, 1.82) is 0 Å². The molecule has 0 unspecified atom stereocenters. The first-order valence-corrected chi connectivity index (χ1v) is 9.17. The Kier molecular flexibility index (Phi) is 4.29. The Labute approximate surface area is 131 Å². The molecule has 1 heterocycles. The van der Waals surface area contributed by atoms with Crippen molar-refractivity contribution in [2.75, 3.05) is 19.3 Å². The van der Waals surface area contributed by atoms with Gasteiger partial charge in [-0.2, -0.15) is 8.42 Å². The predicted molar refractivity (Wildman–Crippen MR) is 85.1 cm³/mol. The Hall–Kier alpha value is -1.69. The molecule has 0 radical (unpaired) electrons. The second-order valence-corrected chi connectivity index (χ2v) is 7.34. The molecule has 1 saturated heterocycles. The maximum atomic E-state index is 11.2. The van der Waals surface area contributed by atoms with Crippen molar-refractivity contribution >= 4 is 10.1 Å². The molecule has 2 aromatic rings. The topological polar surface area (TPSA) is 47.8 Å². The molecule has 0 spiro atoms. The quantitative estimate of drug-likeness (QED) is 0.838. The minimum Gasteiger partial charge on any atom is -0.320 e. The molecule has 0 atom stereocenters. The number of hydrogen-bond donors (Lipinski definition) is 1. The van der Waals surface area contributed by atoms with Gasteiger partial charge in [0.2, 0.25) is 0 Å². The molecule has 1 aliphatic rings. The zero-order valence-electron chi connectivity index (χ0n) is 12.5. The van der Waals surface area contributed by atoms with Gasteiger partial charge in [0.05, 0.1) is 6.26 Å². The summed E-state index contributed by atoms with van der Waals surface area (Å²) in [6.45, 7) is 1.39. The van der Waals surface area contributed by atoms with Gasteiger partial charge in [-0.3, -0.25) is 4.18 Å². The largest absolute Gasteiger partial charge is 0.320 e. The number of benzene rings is 2. The second-order valence-electron chi connectivity index (χ2n) is 5.74. The summed E-state index contributed by atoms with van der Waals surface area (Å²) in [6, 6.07) is 20.9.